The van der Waals surface area contributed by atoms with Crippen molar-refractivity contribution in [2.75, 3.05) is 11.9 Å². The number of amides is 1. The van der Waals surface area contributed by atoms with Crippen LogP contribution in [0.4, 0.5) is 11.4 Å². The minimum Gasteiger partial charge on any atom is -0.476 e. The van der Waals surface area contributed by atoms with Crippen LogP contribution in [0.15, 0.2) is 110 Å². The summed E-state index contributed by atoms with van der Waals surface area (Å²) in [6.07, 6.45) is 1.28. The summed E-state index contributed by atoms with van der Waals surface area (Å²) >= 11 is 9.44. The molecule has 2 aromatic heterocycles. The molecule has 0 spiro atoms. The van der Waals surface area contributed by atoms with Crippen molar-refractivity contribution >= 4 is 72.9 Å². The van der Waals surface area contributed by atoms with Crippen molar-refractivity contribution in [1.82, 2.24) is 9.66 Å². The van der Waals surface area contributed by atoms with Gasteiger partial charge in [0.15, 0.2) is 12.4 Å². The number of ether oxygens (including phenoxy) is 1. The van der Waals surface area contributed by atoms with Gasteiger partial charge in [0.1, 0.15) is 5.58 Å². The van der Waals surface area contributed by atoms with Gasteiger partial charge in [-0.25, -0.2) is 4.98 Å². The highest BCUT2D eigenvalue weighted by Crippen LogP contribution is 2.36. The maximum absolute atomic E-state index is 13.6. The molecule has 0 saturated carbocycles. The number of nitrogens with one attached hydrogen (secondary N) is 1. The van der Waals surface area contributed by atoms with Gasteiger partial charge < -0.3 is 14.5 Å². The molecule has 0 aliphatic rings. The summed E-state index contributed by atoms with van der Waals surface area (Å²) in [5.41, 5.74) is 0.922. The van der Waals surface area contributed by atoms with Crippen molar-refractivity contribution in [1.29, 1.82) is 0 Å². The van der Waals surface area contributed by atoms with E-state index in [0.717, 1.165) is 4.68 Å². The van der Waals surface area contributed by atoms with Crippen LogP contribution >= 0.6 is 27.5 Å². The SMILES string of the molecule is O=C(COc1c(Br)cc(C=Nn2c(-c3cc4cc(Cl)ccc4o3)nc3ccccc3c2=O)cc1[N+](=O)[O-])Nc1ccccc1. The van der Waals surface area contributed by atoms with Gasteiger partial charge in [-0.3, -0.25) is 19.7 Å². The molecule has 0 aliphatic heterocycles. The first-order valence-electron chi connectivity index (χ1n) is 13.0. The maximum atomic E-state index is 13.6. The van der Waals surface area contributed by atoms with Gasteiger partial charge in [0.05, 0.1) is 26.5 Å². The van der Waals surface area contributed by atoms with Crippen LogP contribution in [0.1, 0.15) is 5.56 Å². The lowest BCUT2D eigenvalue weighted by Gasteiger charge is -2.10. The topological polar surface area (TPSA) is 142 Å². The predicted octanol–water partition coefficient (Wildman–Crippen LogP) is 7.03. The third kappa shape index (κ3) is 5.93. The van der Waals surface area contributed by atoms with Crippen molar-refractivity contribution in [2.24, 2.45) is 5.10 Å². The number of hydrogen-bond acceptors (Lipinski definition) is 8. The number of nitro benzene ring substituents is 1. The van der Waals surface area contributed by atoms with E-state index in [1.165, 1.54) is 18.3 Å². The second-order valence-electron chi connectivity index (χ2n) is 9.42. The van der Waals surface area contributed by atoms with Crippen molar-refractivity contribution < 1.29 is 18.9 Å². The summed E-state index contributed by atoms with van der Waals surface area (Å²) in [6, 6.07) is 25.1. The van der Waals surface area contributed by atoms with Gasteiger partial charge in [-0.05, 0) is 70.5 Å². The number of rotatable bonds is 8. The van der Waals surface area contributed by atoms with E-state index in [1.807, 2.05) is 0 Å². The molecular weight excluding hydrogens is 654 g/mol. The van der Waals surface area contributed by atoms with Crippen molar-refractivity contribution in [3.05, 3.63) is 127 Å². The van der Waals surface area contributed by atoms with E-state index in [-0.39, 0.29) is 27.4 Å². The second-order valence-corrected chi connectivity index (χ2v) is 10.7. The van der Waals surface area contributed by atoms with Crippen molar-refractivity contribution in [2.45, 2.75) is 0 Å². The standard InChI is InChI=1S/C31H19BrClN5O6/c32-23-12-18(13-25(38(41)42)29(23)43-17-28(39)35-21-6-2-1-3-7-21)16-34-37-30(36-24-9-5-4-8-22(24)31(37)40)27-15-19-14-20(33)10-11-26(19)44-27/h1-16H,17H2,(H,35,39). The quantitative estimate of drug-likeness (QED) is 0.104. The van der Waals surface area contributed by atoms with E-state index in [9.17, 15) is 19.7 Å². The largest absolute Gasteiger partial charge is 0.476 e. The highest BCUT2D eigenvalue weighted by Gasteiger charge is 2.22. The second kappa shape index (κ2) is 12.1. The minimum atomic E-state index is -0.638. The molecule has 1 amide bonds. The first kappa shape index (κ1) is 28.8. The van der Waals surface area contributed by atoms with Gasteiger partial charge in [-0.1, -0.05) is 41.9 Å². The Kier molecular flexibility index (Phi) is 7.92. The molecule has 1 N–H and O–H groups in total. The van der Waals surface area contributed by atoms with E-state index in [2.05, 4.69) is 31.3 Å². The first-order valence-corrected chi connectivity index (χ1v) is 14.1. The number of para-hydroxylation sites is 2. The number of halogens is 2. The number of aromatic nitrogens is 2. The molecule has 0 saturated heterocycles. The predicted molar refractivity (Wildman–Crippen MR) is 171 cm³/mol. The molecule has 0 fully saturated rings. The van der Waals surface area contributed by atoms with E-state index in [1.54, 1.807) is 78.9 Å². The van der Waals surface area contributed by atoms with Gasteiger partial charge >= 0.3 is 5.69 Å². The molecule has 6 aromatic rings. The van der Waals surface area contributed by atoms with Gasteiger partial charge in [0.2, 0.25) is 11.6 Å². The number of anilines is 1. The number of benzene rings is 4. The number of furan rings is 1. The summed E-state index contributed by atoms with van der Waals surface area (Å²) in [6.45, 7) is -0.466. The molecule has 0 radical (unpaired) electrons. The van der Waals surface area contributed by atoms with Crippen LogP contribution < -0.4 is 15.6 Å². The van der Waals surface area contributed by atoms with Crippen LogP contribution in [0.25, 0.3) is 33.5 Å². The average molecular weight is 673 g/mol. The fourth-order valence-corrected chi connectivity index (χ4v) is 5.21. The molecule has 2 heterocycles. The first-order chi connectivity index (χ1) is 21.3. The Hall–Kier alpha value is -5.33. The molecule has 4 aromatic carbocycles. The highest BCUT2D eigenvalue weighted by atomic mass is 79.9. The molecule has 11 nitrogen and oxygen atoms in total. The average Bonchev–Trinajstić information content (AvgIpc) is 3.43. The van der Waals surface area contributed by atoms with Gasteiger partial charge in [0.25, 0.3) is 11.5 Å². The van der Waals surface area contributed by atoms with Crippen molar-refractivity contribution in [3.63, 3.8) is 0 Å². The lowest BCUT2D eigenvalue weighted by atomic mass is 10.2. The molecule has 0 unspecified atom stereocenters. The molecule has 0 atom stereocenters. The summed E-state index contributed by atoms with van der Waals surface area (Å²) in [5.74, 6) is -0.240. The fourth-order valence-electron chi connectivity index (χ4n) is 4.45. The zero-order chi connectivity index (χ0) is 30.8. The number of fused-ring (bicyclic) bond motifs is 2. The van der Waals surface area contributed by atoms with E-state index < -0.39 is 28.7 Å². The normalized spacial score (nSPS) is 11.3. The van der Waals surface area contributed by atoms with Gasteiger partial charge in [-0.2, -0.15) is 9.78 Å². The van der Waals surface area contributed by atoms with E-state index in [0.29, 0.717) is 32.6 Å². The third-order valence-corrected chi connectivity index (χ3v) is 7.25. The van der Waals surface area contributed by atoms with Crippen LogP contribution in [0.2, 0.25) is 5.02 Å². The van der Waals surface area contributed by atoms with Gasteiger partial charge in [0, 0.05) is 27.7 Å². The summed E-state index contributed by atoms with van der Waals surface area (Å²) in [5, 5.41) is 20.5. The number of nitro groups is 1. The lowest BCUT2D eigenvalue weighted by molar-refractivity contribution is -0.385. The molecule has 218 valence electrons. The third-order valence-electron chi connectivity index (χ3n) is 6.42. The Morgan fingerprint density at radius 1 is 1.09 bits per heavy atom. The Morgan fingerprint density at radius 3 is 2.66 bits per heavy atom. The van der Waals surface area contributed by atoms with Crippen LogP contribution in [-0.2, 0) is 4.79 Å². The number of nitrogens with zero attached hydrogens (tertiary/aromatic N) is 4. The Morgan fingerprint density at radius 2 is 1.86 bits per heavy atom. The zero-order valence-corrected chi connectivity index (χ0v) is 24.8. The van der Waals surface area contributed by atoms with Crippen LogP contribution in [0.5, 0.6) is 5.75 Å². The molecule has 13 heteroatoms. The molecular formula is C31H19BrClN5O6. The highest BCUT2D eigenvalue weighted by molar-refractivity contribution is 9.10. The number of hydrogen-bond donors (Lipinski definition) is 1. The van der Waals surface area contributed by atoms with E-state index in [4.69, 9.17) is 20.8 Å². The summed E-state index contributed by atoms with van der Waals surface area (Å²) in [4.78, 5) is 41.9. The van der Waals surface area contributed by atoms with Crippen LogP contribution in [0.3, 0.4) is 0 Å². The maximum Gasteiger partial charge on any atom is 0.312 e. The Bertz CT molecular complexity index is 2160. The molecule has 44 heavy (non-hydrogen) atoms. The summed E-state index contributed by atoms with van der Waals surface area (Å²) < 4.78 is 12.8. The van der Waals surface area contributed by atoms with Crippen LogP contribution in [0, 0.1) is 10.1 Å². The Balaban J connectivity index is 1.35. The van der Waals surface area contributed by atoms with Crippen molar-refractivity contribution in [3.8, 4) is 17.3 Å². The molecule has 6 rings (SSSR count). The number of carbonyl (C=O) groups excluding carboxylic acids is 1. The fraction of sp³-hybridized carbons (Fsp3) is 0.0323. The van der Waals surface area contributed by atoms with E-state index >= 15 is 0 Å². The minimum absolute atomic E-state index is 0.121. The smallest absolute Gasteiger partial charge is 0.312 e. The summed E-state index contributed by atoms with van der Waals surface area (Å²) in [7, 11) is 0. The lowest BCUT2D eigenvalue weighted by Crippen LogP contribution is -2.20. The molecule has 0 aliphatic carbocycles. The molecule has 0 bridgehead atoms. The Labute approximate surface area is 261 Å². The monoisotopic (exact) mass is 671 g/mol. The van der Waals surface area contributed by atoms with Gasteiger partial charge in [-0.15, -0.1) is 0 Å². The van der Waals surface area contributed by atoms with Crippen LogP contribution in [-0.4, -0.2) is 33.3 Å². The number of carbonyl (C=O) groups is 1. The zero-order valence-electron chi connectivity index (χ0n) is 22.4.